The van der Waals surface area contributed by atoms with Crippen molar-refractivity contribution in [1.29, 1.82) is 0 Å². The molecule has 2 heterocycles. The number of hydrogen-bond acceptors (Lipinski definition) is 4. The molecule has 0 unspecified atom stereocenters. The fourth-order valence-electron chi connectivity index (χ4n) is 2.88. The third-order valence-electron chi connectivity index (χ3n) is 3.89. The SMILES string of the molecule is Cc1cc(=O)n(-c2nc3c(s2)CCCC3)c(C)c1C(=O)O. The number of carbonyl (C=O) groups is 1. The van der Waals surface area contributed by atoms with Crippen LogP contribution >= 0.6 is 11.3 Å². The van der Waals surface area contributed by atoms with Crippen LogP contribution < -0.4 is 5.56 Å². The largest absolute Gasteiger partial charge is 0.478 e. The van der Waals surface area contributed by atoms with Gasteiger partial charge in [0.15, 0.2) is 5.13 Å². The van der Waals surface area contributed by atoms with Gasteiger partial charge in [-0.15, -0.1) is 11.3 Å². The molecule has 0 spiro atoms. The molecular formula is C15H16N2O3S. The molecule has 0 aliphatic heterocycles. The van der Waals surface area contributed by atoms with E-state index in [0.717, 1.165) is 31.4 Å². The third-order valence-corrected chi connectivity index (χ3v) is 5.03. The van der Waals surface area contributed by atoms with Crippen molar-refractivity contribution in [1.82, 2.24) is 9.55 Å². The van der Waals surface area contributed by atoms with Crippen molar-refractivity contribution >= 4 is 17.3 Å². The average molecular weight is 304 g/mol. The first-order chi connectivity index (χ1) is 9.99. The molecule has 0 amide bonds. The van der Waals surface area contributed by atoms with Gasteiger partial charge in [0.05, 0.1) is 11.3 Å². The van der Waals surface area contributed by atoms with Crippen molar-refractivity contribution < 1.29 is 9.90 Å². The Labute approximate surface area is 125 Å². The Hall–Kier alpha value is -1.95. The highest BCUT2D eigenvalue weighted by Gasteiger charge is 2.21. The topological polar surface area (TPSA) is 72.2 Å². The smallest absolute Gasteiger partial charge is 0.337 e. The second-order valence-electron chi connectivity index (χ2n) is 5.34. The standard InChI is InChI=1S/C15H16N2O3S/c1-8-7-12(18)17(9(2)13(8)14(19)20)15-16-10-5-3-4-6-11(10)21-15/h7H,3-6H2,1-2H3,(H,19,20). The predicted octanol–water partition coefficient (Wildman–Crippen LogP) is 2.49. The van der Waals surface area contributed by atoms with E-state index in [1.807, 2.05) is 0 Å². The lowest BCUT2D eigenvalue weighted by atomic mass is 10.0. The van der Waals surface area contributed by atoms with Crippen LogP contribution in [0, 0.1) is 13.8 Å². The summed E-state index contributed by atoms with van der Waals surface area (Å²) in [6, 6.07) is 1.37. The number of hydrogen-bond donors (Lipinski definition) is 1. The van der Waals surface area contributed by atoms with E-state index in [2.05, 4.69) is 4.98 Å². The van der Waals surface area contributed by atoms with E-state index in [4.69, 9.17) is 0 Å². The van der Waals surface area contributed by atoms with Crippen LogP contribution in [-0.2, 0) is 12.8 Å². The average Bonchev–Trinajstić information content (AvgIpc) is 2.80. The number of aromatic carboxylic acids is 1. The third kappa shape index (κ3) is 2.29. The van der Waals surface area contributed by atoms with Crippen LogP contribution in [0.5, 0.6) is 0 Å². The summed E-state index contributed by atoms with van der Waals surface area (Å²) in [5.41, 5.74) is 1.95. The van der Waals surface area contributed by atoms with E-state index >= 15 is 0 Å². The van der Waals surface area contributed by atoms with Crippen LogP contribution in [0.3, 0.4) is 0 Å². The molecule has 5 nitrogen and oxygen atoms in total. The maximum atomic E-state index is 12.3. The number of fused-ring (bicyclic) bond motifs is 1. The van der Waals surface area contributed by atoms with Crippen LogP contribution in [0.25, 0.3) is 5.13 Å². The quantitative estimate of drug-likeness (QED) is 0.925. The van der Waals surface area contributed by atoms with Crippen LogP contribution in [0.2, 0.25) is 0 Å². The van der Waals surface area contributed by atoms with Gasteiger partial charge in [-0.05, 0) is 45.1 Å². The zero-order valence-corrected chi connectivity index (χ0v) is 12.8. The summed E-state index contributed by atoms with van der Waals surface area (Å²) in [5.74, 6) is -1.01. The van der Waals surface area contributed by atoms with Gasteiger partial charge < -0.3 is 5.11 Å². The maximum Gasteiger partial charge on any atom is 0.337 e. The molecule has 0 radical (unpaired) electrons. The van der Waals surface area contributed by atoms with Gasteiger partial charge in [-0.25, -0.2) is 9.78 Å². The summed E-state index contributed by atoms with van der Waals surface area (Å²) in [7, 11) is 0. The Morgan fingerprint density at radius 2 is 2.05 bits per heavy atom. The summed E-state index contributed by atoms with van der Waals surface area (Å²) >= 11 is 1.50. The number of pyridine rings is 1. The van der Waals surface area contributed by atoms with Crippen LogP contribution in [0.15, 0.2) is 10.9 Å². The summed E-state index contributed by atoms with van der Waals surface area (Å²) in [6.45, 7) is 3.31. The summed E-state index contributed by atoms with van der Waals surface area (Å²) in [5, 5.41) is 9.93. The minimum Gasteiger partial charge on any atom is -0.478 e. The Kier molecular flexibility index (Phi) is 3.41. The normalized spacial score (nSPS) is 14.0. The zero-order chi connectivity index (χ0) is 15.1. The van der Waals surface area contributed by atoms with Gasteiger partial charge in [0.1, 0.15) is 0 Å². The van der Waals surface area contributed by atoms with E-state index in [1.165, 1.54) is 26.8 Å². The van der Waals surface area contributed by atoms with Gasteiger partial charge in [0.2, 0.25) is 0 Å². The van der Waals surface area contributed by atoms with Gasteiger partial charge in [0, 0.05) is 16.6 Å². The number of carboxylic acid groups (broad SMARTS) is 1. The fraction of sp³-hybridized carbons (Fsp3) is 0.400. The van der Waals surface area contributed by atoms with E-state index in [9.17, 15) is 14.7 Å². The first-order valence-electron chi connectivity index (χ1n) is 6.94. The van der Waals surface area contributed by atoms with Crippen molar-refractivity contribution in [3.8, 4) is 5.13 Å². The van der Waals surface area contributed by atoms with E-state index in [1.54, 1.807) is 13.8 Å². The first kappa shape index (κ1) is 14.0. The number of rotatable bonds is 2. The summed E-state index contributed by atoms with van der Waals surface area (Å²) in [4.78, 5) is 29.5. The first-order valence-corrected chi connectivity index (χ1v) is 7.76. The molecule has 1 aliphatic carbocycles. The Morgan fingerprint density at radius 3 is 2.71 bits per heavy atom. The van der Waals surface area contributed by atoms with E-state index < -0.39 is 5.97 Å². The molecule has 3 rings (SSSR count). The summed E-state index contributed by atoms with van der Waals surface area (Å²) in [6.07, 6.45) is 4.21. The second kappa shape index (κ2) is 5.11. The fourth-order valence-corrected chi connectivity index (χ4v) is 4.09. The highest BCUT2D eigenvalue weighted by atomic mass is 32.1. The van der Waals surface area contributed by atoms with Crippen LogP contribution in [0.4, 0.5) is 0 Å². The lowest BCUT2D eigenvalue weighted by Crippen LogP contribution is -2.24. The molecule has 2 aromatic heterocycles. The molecule has 21 heavy (non-hydrogen) atoms. The monoisotopic (exact) mass is 304 g/mol. The van der Waals surface area contributed by atoms with Crippen LogP contribution in [-0.4, -0.2) is 20.6 Å². The van der Waals surface area contributed by atoms with Crippen molar-refractivity contribution in [3.05, 3.63) is 43.8 Å². The molecule has 0 saturated heterocycles. The lowest BCUT2D eigenvalue weighted by molar-refractivity contribution is 0.0694. The number of nitrogens with zero attached hydrogens (tertiary/aromatic N) is 2. The highest BCUT2D eigenvalue weighted by Crippen LogP contribution is 2.29. The van der Waals surface area contributed by atoms with E-state index in [-0.39, 0.29) is 11.1 Å². The molecule has 0 aromatic carbocycles. The minimum atomic E-state index is -1.01. The molecule has 110 valence electrons. The molecule has 1 aliphatic rings. The van der Waals surface area contributed by atoms with Gasteiger partial charge in [0.25, 0.3) is 5.56 Å². The predicted molar refractivity (Wildman–Crippen MR) is 80.8 cm³/mol. The van der Waals surface area contributed by atoms with Crippen molar-refractivity contribution in [2.75, 3.05) is 0 Å². The number of aromatic nitrogens is 2. The Morgan fingerprint density at radius 1 is 1.33 bits per heavy atom. The minimum absolute atomic E-state index is 0.183. The van der Waals surface area contributed by atoms with Gasteiger partial charge in [-0.2, -0.15) is 0 Å². The molecular weight excluding hydrogens is 288 g/mol. The van der Waals surface area contributed by atoms with Crippen molar-refractivity contribution in [2.24, 2.45) is 0 Å². The Balaban J connectivity index is 2.23. The van der Waals surface area contributed by atoms with E-state index in [0.29, 0.717) is 16.4 Å². The zero-order valence-electron chi connectivity index (χ0n) is 12.0. The molecule has 2 aromatic rings. The van der Waals surface area contributed by atoms with Crippen LogP contribution in [0.1, 0.15) is 45.0 Å². The van der Waals surface area contributed by atoms with Gasteiger partial charge in [-0.3, -0.25) is 9.36 Å². The molecule has 6 heteroatoms. The molecule has 0 saturated carbocycles. The van der Waals surface area contributed by atoms with Crippen molar-refractivity contribution in [3.63, 3.8) is 0 Å². The Bertz CT molecular complexity index is 765. The molecule has 0 fully saturated rings. The number of thiazole rings is 1. The number of aryl methyl sites for hydroxylation is 3. The summed E-state index contributed by atoms with van der Waals surface area (Å²) < 4.78 is 1.43. The molecule has 0 atom stereocenters. The number of carboxylic acids is 1. The molecule has 0 bridgehead atoms. The maximum absolute atomic E-state index is 12.3. The van der Waals surface area contributed by atoms with Gasteiger partial charge in [-0.1, -0.05) is 0 Å². The van der Waals surface area contributed by atoms with Gasteiger partial charge >= 0.3 is 5.97 Å². The molecule has 1 N–H and O–H groups in total. The lowest BCUT2D eigenvalue weighted by Gasteiger charge is -2.11. The highest BCUT2D eigenvalue weighted by molar-refractivity contribution is 7.14. The van der Waals surface area contributed by atoms with Crippen molar-refractivity contribution in [2.45, 2.75) is 39.5 Å². The second-order valence-corrected chi connectivity index (χ2v) is 6.40.